The lowest BCUT2D eigenvalue weighted by molar-refractivity contribution is -0.137. The van der Waals surface area contributed by atoms with Crippen LogP contribution in [0.4, 0.5) is 0 Å². The van der Waals surface area contributed by atoms with Crippen LogP contribution in [0.2, 0.25) is 0 Å². The highest BCUT2D eigenvalue weighted by Gasteiger charge is 2.33. The van der Waals surface area contributed by atoms with E-state index in [-0.39, 0.29) is 18.4 Å². The number of hydrogen-bond acceptors (Lipinski definition) is 4. The Labute approximate surface area is 201 Å². The van der Waals surface area contributed by atoms with Crippen molar-refractivity contribution in [2.45, 2.75) is 51.1 Å². The van der Waals surface area contributed by atoms with Gasteiger partial charge in [0, 0.05) is 35.0 Å². The van der Waals surface area contributed by atoms with Crippen LogP contribution in [-0.4, -0.2) is 34.5 Å². The normalized spacial score (nSPS) is 14.3. The first kappa shape index (κ1) is 20.5. The van der Waals surface area contributed by atoms with Crippen LogP contribution in [0.3, 0.4) is 0 Å². The molecule has 0 radical (unpaired) electrons. The van der Waals surface area contributed by atoms with Gasteiger partial charge in [0.15, 0.2) is 0 Å². The summed E-state index contributed by atoms with van der Waals surface area (Å²) in [5.74, 6) is -0.739. The molecule has 0 unspecified atom stereocenters. The predicted octanol–water partition coefficient (Wildman–Crippen LogP) is 6.24. The number of rotatable bonds is 12. The van der Waals surface area contributed by atoms with Crippen molar-refractivity contribution < 1.29 is 22.2 Å². The standard InChI is InChI=1S/C27H29NO4S/c29-26(30)10-2-1-5-17-32-24-8-4-3-7-22(24)19-28(23-15-16-23)27(31)21-13-11-20(12-14-21)25-9-6-18-33-25/h3-4,6-9,11-14,18,23H,1-2,5,10,15-17,19H2,(H,29,30)/i19D2. The summed E-state index contributed by atoms with van der Waals surface area (Å²) in [6, 6.07) is 18.1. The SMILES string of the molecule is [2H]C([2H])(c1ccccc1OCCCCCC(=O)O)N(C(=O)c1ccc(-c2cccs2)cc1)C1CC1. The van der Waals surface area contributed by atoms with Crippen LogP contribution >= 0.6 is 11.3 Å². The number of carboxylic acids is 1. The molecule has 2 aromatic carbocycles. The quantitative estimate of drug-likeness (QED) is 0.321. The summed E-state index contributed by atoms with van der Waals surface area (Å²) >= 11 is 1.63. The van der Waals surface area contributed by atoms with Gasteiger partial charge in [-0.2, -0.15) is 0 Å². The molecular weight excluding hydrogens is 434 g/mol. The zero-order valence-electron chi connectivity index (χ0n) is 20.4. The summed E-state index contributed by atoms with van der Waals surface area (Å²) in [5, 5.41) is 10.8. The van der Waals surface area contributed by atoms with Crippen molar-refractivity contribution in [3.8, 4) is 16.2 Å². The number of carboxylic acid groups (broad SMARTS) is 1. The predicted molar refractivity (Wildman–Crippen MR) is 131 cm³/mol. The third-order valence-corrected chi connectivity index (χ3v) is 6.41. The number of carbonyl (C=O) groups is 2. The van der Waals surface area contributed by atoms with Gasteiger partial charge in [-0.15, -0.1) is 11.3 Å². The van der Waals surface area contributed by atoms with Crippen molar-refractivity contribution in [2.24, 2.45) is 0 Å². The van der Waals surface area contributed by atoms with Gasteiger partial charge >= 0.3 is 5.97 Å². The molecule has 1 saturated carbocycles. The highest BCUT2D eigenvalue weighted by atomic mass is 32.1. The molecule has 172 valence electrons. The Morgan fingerprint density at radius 1 is 1.03 bits per heavy atom. The number of amides is 1. The summed E-state index contributed by atoms with van der Waals surface area (Å²) in [7, 11) is 0. The van der Waals surface area contributed by atoms with E-state index in [0.29, 0.717) is 36.3 Å². The molecule has 1 heterocycles. The number of aliphatic carboxylic acids is 1. The largest absolute Gasteiger partial charge is 0.493 e. The van der Waals surface area contributed by atoms with Crippen molar-refractivity contribution in [1.29, 1.82) is 0 Å². The lowest BCUT2D eigenvalue weighted by atomic mass is 10.1. The third kappa shape index (κ3) is 6.45. The van der Waals surface area contributed by atoms with Gasteiger partial charge in [-0.3, -0.25) is 9.59 Å². The number of para-hydroxylation sites is 1. The van der Waals surface area contributed by atoms with Gasteiger partial charge in [0.1, 0.15) is 5.75 Å². The Bertz CT molecular complexity index is 1140. The third-order valence-electron chi connectivity index (χ3n) is 5.49. The van der Waals surface area contributed by atoms with E-state index in [0.717, 1.165) is 29.7 Å². The van der Waals surface area contributed by atoms with E-state index >= 15 is 0 Å². The van der Waals surface area contributed by atoms with Crippen molar-refractivity contribution >= 4 is 23.2 Å². The molecule has 1 aliphatic carbocycles. The van der Waals surface area contributed by atoms with Gasteiger partial charge in [-0.25, -0.2) is 0 Å². The number of thiophene rings is 1. The molecule has 1 fully saturated rings. The van der Waals surface area contributed by atoms with E-state index < -0.39 is 12.5 Å². The summed E-state index contributed by atoms with van der Waals surface area (Å²) < 4.78 is 23.9. The first-order chi connectivity index (χ1) is 16.9. The van der Waals surface area contributed by atoms with Gasteiger partial charge in [0.25, 0.3) is 5.91 Å². The Balaban J connectivity index is 1.50. The maximum atomic E-state index is 13.5. The van der Waals surface area contributed by atoms with E-state index in [2.05, 4.69) is 0 Å². The first-order valence-electron chi connectivity index (χ1n) is 12.3. The van der Waals surface area contributed by atoms with E-state index in [1.807, 2.05) is 29.6 Å². The molecule has 1 N–H and O–H groups in total. The van der Waals surface area contributed by atoms with Gasteiger partial charge in [-0.1, -0.05) is 36.4 Å². The van der Waals surface area contributed by atoms with E-state index in [1.54, 1.807) is 47.7 Å². The van der Waals surface area contributed by atoms with Crippen LogP contribution in [0.15, 0.2) is 66.0 Å². The van der Waals surface area contributed by atoms with Crippen molar-refractivity contribution in [3.05, 3.63) is 77.2 Å². The molecule has 0 saturated heterocycles. The maximum Gasteiger partial charge on any atom is 0.303 e. The Kier molecular flexibility index (Phi) is 6.92. The number of nitrogens with zero attached hydrogens (tertiary/aromatic N) is 1. The van der Waals surface area contributed by atoms with Crippen LogP contribution in [0.1, 0.15) is 57.2 Å². The highest BCUT2D eigenvalue weighted by Crippen LogP contribution is 2.32. The number of carbonyl (C=O) groups excluding carboxylic acids is 1. The molecule has 0 bridgehead atoms. The fraction of sp³-hybridized carbons (Fsp3) is 0.333. The molecule has 1 aliphatic rings. The van der Waals surface area contributed by atoms with E-state index in [1.165, 1.54) is 4.90 Å². The van der Waals surface area contributed by atoms with Crippen LogP contribution in [0.5, 0.6) is 5.75 Å². The monoisotopic (exact) mass is 465 g/mol. The zero-order valence-corrected chi connectivity index (χ0v) is 19.2. The second kappa shape index (κ2) is 11.1. The minimum Gasteiger partial charge on any atom is -0.493 e. The first-order valence-corrected chi connectivity index (χ1v) is 12.2. The second-order valence-electron chi connectivity index (χ2n) is 8.12. The molecular formula is C27H29NO4S. The smallest absolute Gasteiger partial charge is 0.303 e. The summed E-state index contributed by atoms with van der Waals surface area (Å²) in [5.41, 5.74) is 1.80. The van der Waals surface area contributed by atoms with Gasteiger partial charge < -0.3 is 14.7 Å². The molecule has 1 amide bonds. The molecule has 0 spiro atoms. The van der Waals surface area contributed by atoms with E-state index in [4.69, 9.17) is 12.6 Å². The second-order valence-corrected chi connectivity index (χ2v) is 9.07. The van der Waals surface area contributed by atoms with Crippen LogP contribution in [0, 0.1) is 0 Å². The molecule has 0 aliphatic heterocycles. The van der Waals surface area contributed by atoms with Crippen molar-refractivity contribution in [3.63, 3.8) is 0 Å². The summed E-state index contributed by atoms with van der Waals surface area (Å²) in [4.78, 5) is 26.7. The Morgan fingerprint density at radius 2 is 1.82 bits per heavy atom. The van der Waals surface area contributed by atoms with Crippen LogP contribution in [-0.2, 0) is 11.3 Å². The summed E-state index contributed by atoms with van der Waals surface area (Å²) in [6.07, 6.45) is 3.64. The maximum absolute atomic E-state index is 13.5. The fourth-order valence-electron chi connectivity index (χ4n) is 3.55. The van der Waals surface area contributed by atoms with E-state index in [9.17, 15) is 9.59 Å². The number of benzene rings is 2. The van der Waals surface area contributed by atoms with Crippen LogP contribution in [0.25, 0.3) is 10.4 Å². The molecule has 6 heteroatoms. The average Bonchev–Trinajstić information content (AvgIpc) is 3.51. The Morgan fingerprint density at radius 3 is 2.52 bits per heavy atom. The minimum atomic E-state index is -2.05. The van der Waals surface area contributed by atoms with Crippen molar-refractivity contribution in [2.75, 3.05) is 6.61 Å². The number of ether oxygens (including phenoxy) is 1. The molecule has 1 aromatic heterocycles. The number of unbranched alkanes of at least 4 members (excludes halogenated alkanes) is 2. The van der Waals surface area contributed by atoms with Gasteiger partial charge in [0.2, 0.25) is 0 Å². The van der Waals surface area contributed by atoms with Gasteiger partial charge in [-0.05, 0) is 67.3 Å². The van der Waals surface area contributed by atoms with Crippen LogP contribution < -0.4 is 4.74 Å². The topological polar surface area (TPSA) is 66.8 Å². The number of hydrogen-bond donors (Lipinski definition) is 1. The highest BCUT2D eigenvalue weighted by molar-refractivity contribution is 7.13. The lowest BCUT2D eigenvalue weighted by Crippen LogP contribution is -2.32. The fourth-order valence-corrected chi connectivity index (χ4v) is 4.28. The van der Waals surface area contributed by atoms with Crippen molar-refractivity contribution in [1.82, 2.24) is 4.90 Å². The molecule has 3 aromatic rings. The van der Waals surface area contributed by atoms with Gasteiger partial charge in [0.05, 0.1) is 9.35 Å². The zero-order chi connectivity index (χ0) is 24.8. The summed E-state index contributed by atoms with van der Waals surface area (Å²) in [6.45, 7) is -1.70. The molecule has 33 heavy (non-hydrogen) atoms. The molecule has 4 rings (SSSR count). The Hall–Kier alpha value is -3.12. The minimum absolute atomic E-state index is 0.131. The average molecular weight is 466 g/mol. The molecule has 0 atom stereocenters. The lowest BCUT2D eigenvalue weighted by Gasteiger charge is -2.24. The molecule has 5 nitrogen and oxygen atoms in total.